The van der Waals surface area contributed by atoms with Crippen molar-refractivity contribution in [1.29, 1.82) is 0 Å². The van der Waals surface area contributed by atoms with Crippen LogP contribution >= 0.6 is 11.3 Å². The average molecular weight is 452 g/mol. The predicted molar refractivity (Wildman–Crippen MR) is 129 cm³/mol. The molecule has 3 heterocycles. The van der Waals surface area contributed by atoms with E-state index >= 15 is 0 Å². The number of aromatic nitrogens is 4. The molecule has 32 heavy (non-hydrogen) atoms. The summed E-state index contributed by atoms with van der Waals surface area (Å²) in [7, 11) is 1.71. The molecule has 0 radical (unpaired) electrons. The second kappa shape index (κ2) is 9.26. The number of ether oxygens (including phenoxy) is 1. The van der Waals surface area contributed by atoms with Crippen LogP contribution in [0.5, 0.6) is 0 Å². The number of nitrogens with one attached hydrogen (secondary N) is 1. The summed E-state index contributed by atoms with van der Waals surface area (Å²) < 4.78 is 9.35. The van der Waals surface area contributed by atoms with Gasteiger partial charge in [0.25, 0.3) is 0 Å². The van der Waals surface area contributed by atoms with Gasteiger partial charge in [-0.1, -0.05) is 25.1 Å². The minimum absolute atomic E-state index is 0.0568. The molecular weight excluding hydrogens is 422 g/mol. The maximum Gasteiger partial charge on any atom is 0.230 e. The fourth-order valence-corrected chi connectivity index (χ4v) is 4.53. The Hall–Kier alpha value is -2.97. The van der Waals surface area contributed by atoms with Crippen molar-refractivity contribution in [2.75, 3.05) is 19.0 Å². The molecule has 0 saturated heterocycles. The van der Waals surface area contributed by atoms with Gasteiger partial charge in [-0.05, 0) is 32.4 Å². The molecule has 1 atom stereocenters. The summed E-state index contributed by atoms with van der Waals surface area (Å²) in [6.07, 6.45) is 2.11. The van der Waals surface area contributed by atoms with E-state index in [0.717, 1.165) is 40.1 Å². The van der Waals surface area contributed by atoms with E-state index in [4.69, 9.17) is 9.72 Å². The number of carbonyl (C=O) groups is 1. The zero-order chi connectivity index (χ0) is 22.8. The Morgan fingerprint density at radius 3 is 2.75 bits per heavy atom. The van der Waals surface area contributed by atoms with Crippen molar-refractivity contribution in [3.8, 4) is 11.3 Å². The molecule has 3 aromatic heterocycles. The lowest BCUT2D eigenvalue weighted by atomic mass is 10.1. The Labute approximate surface area is 192 Å². The van der Waals surface area contributed by atoms with Gasteiger partial charge in [0.05, 0.1) is 30.5 Å². The van der Waals surface area contributed by atoms with E-state index in [-0.39, 0.29) is 11.8 Å². The molecule has 0 aliphatic carbocycles. The van der Waals surface area contributed by atoms with Crippen LogP contribution in [0.1, 0.15) is 23.9 Å². The Morgan fingerprint density at radius 1 is 1.25 bits per heavy atom. The Balaban J connectivity index is 1.50. The first-order chi connectivity index (χ1) is 15.4. The number of thiazole rings is 1. The molecular formula is C24H29N5O2S. The Kier molecular flexibility index (Phi) is 6.43. The van der Waals surface area contributed by atoms with E-state index < -0.39 is 0 Å². The lowest BCUT2D eigenvalue weighted by Gasteiger charge is -2.12. The summed E-state index contributed by atoms with van der Waals surface area (Å²) in [6, 6.07) is 8.27. The molecule has 7 nitrogen and oxygen atoms in total. The SMILES string of the molecule is COCCn1cc(-c2csc(NC(=O)[C@@H](C)Cn3nc(C)c(C)c3C)n2)c2ccccc21. The van der Waals surface area contributed by atoms with E-state index in [1.807, 2.05) is 43.0 Å². The summed E-state index contributed by atoms with van der Waals surface area (Å²) in [5.41, 5.74) is 6.34. The van der Waals surface area contributed by atoms with Crippen LogP contribution in [-0.2, 0) is 22.6 Å². The summed E-state index contributed by atoms with van der Waals surface area (Å²) in [6.45, 7) is 9.96. The number of methoxy groups -OCH3 is 1. The Morgan fingerprint density at radius 2 is 2.03 bits per heavy atom. The first-order valence-electron chi connectivity index (χ1n) is 10.7. The van der Waals surface area contributed by atoms with Gasteiger partial charge >= 0.3 is 0 Å². The molecule has 0 aliphatic rings. The number of aryl methyl sites for hydroxylation is 1. The van der Waals surface area contributed by atoms with Gasteiger partial charge in [0.15, 0.2) is 5.13 Å². The van der Waals surface area contributed by atoms with E-state index in [9.17, 15) is 4.79 Å². The number of rotatable bonds is 8. The molecule has 1 aromatic carbocycles. The summed E-state index contributed by atoms with van der Waals surface area (Å²) >= 11 is 1.44. The third kappa shape index (κ3) is 4.33. The molecule has 1 amide bonds. The molecule has 0 bridgehead atoms. The van der Waals surface area contributed by atoms with Crippen LogP contribution in [0, 0.1) is 26.7 Å². The molecule has 0 fully saturated rings. The van der Waals surface area contributed by atoms with E-state index in [2.05, 4.69) is 40.2 Å². The lowest BCUT2D eigenvalue weighted by Crippen LogP contribution is -2.25. The highest BCUT2D eigenvalue weighted by molar-refractivity contribution is 7.14. The molecule has 0 saturated carbocycles. The van der Waals surface area contributed by atoms with Crippen LogP contribution in [0.2, 0.25) is 0 Å². The van der Waals surface area contributed by atoms with Crippen molar-refractivity contribution < 1.29 is 9.53 Å². The van der Waals surface area contributed by atoms with E-state index in [1.54, 1.807) is 7.11 Å². The van der Waals surface area contributed by atoms with Gasteiger partial charge in [-0.3, -0.25) is 9.48 Å². The number of hydrogen-bond donors (Lipinski definition) is 1. The number of nitrogens with zero attached hydrogens (tertiary/aromatic N) is 4. The smallest absolute Gasteiger partial charge is 0.230 e. The van der Waals surface area contributed by atoms with Crippen LogP contribution < -0.4 is 5.32 Å². The maximum absolute atomic E-state index is 12.8. The van der Waals surface area contributed by atoms with Crippen LogP contribution in [-0.4, -0.2) is 39.0 Å². The normalized spacial score (nSPS) is 12.4. The highest BCUT2D eigenvalue weighted by Crippen LogP contribution is 2.33. The number of carbonyl (C=O) groups excluding carboxylic acids is 1. The predicted octanol–water partition coefficient (Wildman–Crippen LogP) is 4.81. The zero-order valence-corrected chi connectivity index (χ0v) is 20.0. The third-order valence-corrected chi connectivity index (χ3v) is 6.73. The maximum atomic E-state index is 12.8. The number of anilines is 1. The average Bonchev–Trinajstić information content (AvgIpc) is 3.46. The number of fused-ring (bicyclic) bond motifs is 1. The molecule has 0 spiro atoms. The highest BCUT2D eigenvalue weighted by Gasteiger charge is 2.19. The third-order valence-electron chi connectivity index (χ3n) is 5.97. The monoisotopic (exact) mass is 451 g/mol. The van der Waals surface area contributed by atoms with Crippen molar-refractivity contribution in [3.05, 3.63) is 52.8 Å². The number of hydrogen-bond acceptors (Lipinski definition) is 5. The highest BCUT2D eigenvalue weighted by atomic mass is 32.1. The van der Waals surface area contributed by atoms with E-state index in [0.29, 0.717) is 18.3 Å². The molecule has 0 aliphatic heterocycles. The zero-order valence-electron chi connectivity index (χ0n) is 19.2. The molecule has 4 aromatic rings. The topological polar surface area (TPSA) is 74.0 Å². The van der Waals surface area contributed by atoms with Crippen molar-refractivity contribution in [1.82, 2.24) is 19.3 Å². The van der Waals surface area contributed by atoms with Crippen LogP contribution in [0.25, 0.3) is 22.2 Å². The van der Waals surface area contributed by atoms with Gasteiger partial charge in [-0.15, -0.1) is 11.3 Å². The molecule has 4 rings (SSSR count). The molecule has 168 valence electrons. The fraction of sp³-hybridized carbons (Fsp3) is 0.375. The Bertz CT molecular complexity index is 1250. The van der Waals surface area contributed by atoms with Gasteiger partial charge < -0.3 is 14.6 Å². The number of benzene rings is 1. The lowest BCUT2D eigenvalue weighted by molar-refractivity contribution is -0.119. The minimum atomic E-state index is -0.226. The van der Waals surface area contributed by atoms with Gasteiger partial charge in [-0.2, -0.15) is 5.10 Å². The quantitative estimate of drug-likeness (QED) is 0.417. The van der Waals surface area contributed by atoms with Crippen LogP contribution in [0.4, 0.5) is 5.13 Å². The standard InChI is InChI=1S/C24H29N5O2S/c1-15(12-29-18(4)16(2)17(3)27-29)23(30)26-24-25-21(14-32-24)20-13-28(10-11-31-5)22-9-7-6-8-19(20)22/h6-9,13-15H,10-12H2,1-5H3,(H,25,26,30)/t15-/m0/s1. The second-order valence-corrected chi connectivity index (χ2v) is 9.01. The summed E-state index contributed by atoms with van der Waals surface area (Å²) in [4.78, 5) is 17.5. The largest absolute Gasteiger partial charge is 0.383 e. The van der Waals surface area contributed by atoms with Gasteiger partial charge in [-0.25, -0.2) is 4.98 Å². The molecule has 0 unspecified atom stereocenters. The number of para-hydroxylation sites is 1. The minimum Gasteiger partial charge on any atom is -0.383 e. The van der Waals surface area contributed by atoms with Gasteiger partial charge in [0, 0.05) is 47.4 Å². The van der Waals surface area contributed by atoms with Crippen molar-refractivity contribution in [3.63, 3.8) is 0 Å². The van der Waals surface area contributed by atoms with Crippen LogP contribution in [0.15, 0.2) is 35.8 Å². The number of amides is 1. The summed E-state index contributed by atoms with van der Waals surface area (Å²) in [5.74, 6) is -0.283. The van der Waals surface area contributed by atoms with Crippen LogP contribution in [0.3, 0.4) is 0 Å². The first kappa shape index (κ1) is 22.2. The first-order valence-corrected chi connectivity index (χ1v) is 11.6. The summed E-state index contributed by atoms with van der Waals surface area (Å²) in [5, 5.41) is 11.3. The van der Waals surface area contributed by atoms with Crippen molar-refractivity contribution in [2.45, 2.75) is 40.8 Å². The molecule has 1 N–H and O–H groups in total. The second-order valence-electron chi connectivity index (χ2n) is 8.15. The van der Waals surface area contributed by atoms with E-state index in [1.165, 1.54) is 16.9 Å². The van der Waals surface area contributed by atoms with Gasteiger partial charge in [0.1, 0.15) is 0 Å². The fourth-order valence-electron chi connectivity index (χ4n) is 3.82. The van der Waals surface area contributed by atoms with Crippen molar-refractivity contribution in [2.24, 2.45) is 5.92 Å². The van der Waals surface area contributed by atoms with Crippen molar-refractivity contribution >= 4 is 33.3 Å². The molecule has 8 heteroatoms. The van der Waals surface area contributed by atoms with Gasteiger partial charge in [0.2, 0.25) is 5.91 Å².